The molecule has 1 heterocycles. The number of nitrogens with two attached hydrogens (primary N) is 2. The fraction of sp³-hybridized carbons (Fsp3) is 0.222. The molecule has 7 N–H and O–H groups in total. The van der Waals surface area contributed by atoms with Crippen LogP contribution in [-0.2, 0) is 21.2 Å². The quantitative estimate of drug-likeness (QED) is 0.129. The molecule has 0 aliphatic rings. The van der Waals surface area contributed by atoms with Gasteiger partial charge in [-0.15, -0.1) is 11.3 Å². The Hall–Kier alpha value is -3.84. The summed E-state index contributed by atoms with van der Waals surface area (Å²) in [7, 11) is -2.39. The van der Waals surface area contributed by atoms with Crippen LogP contribution in [0.3, 0.4) is 0 Å². The number of fused-ring (bicyclic) bond motifs is 1. The topological polar surface area (TPSA) is 173 Å². The van der Waals surface area contributed by atoms with Gasteiger partial charge in [0.05, 0.1) is 28.3 Å². The fourth-order valence-corrected chi connectivity index (χ4v) is 6.26. The molecule has 4 rings (SSSR count). The molecular weight excluding hydrogens is 536 g/mol. The van der Waals surface area contributed by atoms with Gasteiger partial charge >= 0.3 is 0 Å². The number of nitrogen functional groups attached to an aromatic ring is 1. The van der Waals surface area contributed by atoms with E-state index in [2.05, 4.69) is 10.0 Å². The fourth-order valence-electron chi connectivity index (χ4n) is 3.94. The first kappa shape index (κ1) is 28.2. The summed E-state index contributed by atoms with van der Waals surface area (Å²) in [5.41, 5.74) is 13.7. The summed E-state index contributed by atoms with van der Waals surface area (Å²) in [5, 5.41) is 11.1. The van der Waals surface area contributed by atoms with Crippen LogP contribution in [0.25, 0.3) is 10.2 Å². The number of benzene rings is 3. The minimum absolute atomic E-state index is 0.0488. The van der Waals surface area contributed by atoms with E-state index in [4.69, 9.17) is 26.6 Å². The number of hydrogen-bond donors (Lipinski definition) is 5. The summed E-state index contributed by atoms with van der Waals surface area (Å²) in [6.45, 7) is 0.415. The van der Waals surface area contributed by atoms with E-state index in [1.807, 2.05) is 18.2 Å². The molecule has 1 aromatic heterocycles. The Morgan fingerprint density at radius 2 is 1.90 bits per heavy atom. The lowest BCUT2D eigenvalue weighted by Crippen LogP contribution is -2.30. The molecule has 1 atom stereocenters. The second-order valence-corrected chi connectivity index (χ2v) is 11.6. The molecule has 0 aliphatic heterocycles. The first-order valence-electron chi connectivity index (χ1n) is 12.2. The molecule has 0 aliphatic carbocycles. The van der Waals surface area contributed by atoms with Gasteiger partial charge in [-0.2, -0.15) is 0 Å². The Balaban J connectivity index is 1.63. The maximum absolute atomic E-state index is 13.5. The normalized spacial score (nSPS) is 12.3. The van der Waals surface area contributed by atoms with Crippen molar-refractivity contribution in [1.82, 2.24) is 9.71 Å². The summed E-state index contributed by atoms with van der Waals surface area (Å²) in [4.78, 5) is 16.7. The highest BCUT2D eigenvalue weighted by Crippen LogP contribution is 2.32. The summed E-state index contributed by atoms with van der Waals surface area (Å²) in [5.74, 6) is 0.421. The smallest absolute Gasteiger partial charge is 0.241 e. The average molecular weight is 567 g/mol. The number of nitrogens with zero attached hydrogens (tertiary/aromatic N) is 1. The molecule has 0 radical (unpaired) electrons. The number of carbonyl (C=O) groups is 1. The van der Waals surface area contributed by atoms with Gasteiger partial charge in [0.1, 0.15) is 16.6 Å². The average Bonchev–Trinajstić information content (AvgIpc) is 3.35. The third-order valence-corrected chi connectivity index (χ3v) is 8.56. The Bertz CT molecular complexity index is 1590. The van der Waals surface area contributed by atoms with Crippen LogP contribution in [0.5, 0.6) is 5.75 Å². The maximum atomic E-state index is 13.5. The van der Waals surface area contributed by atoms with Crippen molar-refractivity contribution >= 4 is 49.0 Å². The first-order valence-corrected chi connectivity index (χ1v) is 14.5. The van der Waals surface area contributed by atoms with Gasteiger partial charge in [0.2, 0.25) is 15.9 Å². The summed E-state index contributed by atoms with van der Waals surface area (Å²) in [6.07, 6.45) is 1.14. The highest BCUT2D eigenvalue weighted by Gasteiger charge is 2.25. The number of amides is 1. The van der Waals surface area contributed by atoms with E-state index in [9.17, 15) is 13.2 Å². The summed E-state index contributed by atoms with van der Waals surface area (Å²) in [6, 6.07) is 17.9. The zero-order valence-electron chi connectivity index (χ0n) is 21.3. The van der Waals surface area contributed by atoms with Gasteiger partial charge in [0.25, 0.3) is 0 Å². The monoisotopic (exact) mass is 566 g/mol. The molecule has 1 amide bonds. The van der Waals surface area contributed by atoms with Crippen LogP contribution in [0.15, 0.2) is 71.6 Å². The predicted molar refractivity (Wildman–Crippen MR) is 154 cm³/mol. The van der Waals surface area contributed by atoms with Crippen molar-refractivity contribution in [3.8, 4) is 5.75 Å². The Morgan fingerprint density at radius 3 is 2.59 bits per heavy atom. The van der Waals surface area contributed by atoms with Crippen LogP contribution < -0.4 is 26.2 Å². The summed E-state index contributed by atoms with van der Waals surface area (Å²) < 4.78 is 35.9. The van der Waals surface area contributed by atoms with Gasteiger partial charge in [-0.25, -0.2) is 18.1 Å². The molecule has 3 aromatic carbocycles. The van der Waals surface area contributed by atoms with Crippen molar-refractivity contribution in [2.45, 2.75) is 30.2 Å². The van der Waals surface area contributed by atoms with E-state index in [0.29, 0.717) is 41.4 Å². The van der Waals surface area contributed by atoms with Gasteiger partial charge < -0.3 is 21.5 Å². The molecular formula is C27H30N6O4S2. The minimum Gasteiger partial charge on any atom is -0.497 e. The number of ether oxygens (including phenoxy) is 1. The molecule has 0 spiro atoms. The van der Waals surface area contributed by atoms with Crippen molar-refractivity contribution in [2.24, 2.45) is 11.5 Å². The molecule has 0 saturated heterocycles. The minimum atomic E-state index is -3.97. The second-order valence-electron chi connectivity index (χ2n) is 8.84. The molecule has 0 fully saturated rings. The van der Waals surface area contributed by atoms with Crippen molar-refractivity contribution < 1.29 is 17.9 Å². The number of sulfonamides is 1. The number of amidine groups is 1. The van der Waals surface area contributed by atoms with Crippen LogP contribution in [0.1, 0.15) is 35.0 Å². The van der Waals surface area contributed by atoms with E-state index in [1.54, 1.807) is 43.5 Å². The number of methoxy groups -OCH3 is 1. The number of hydrogen-bond acceptors (Lipinski definition) is 8. The third kappa shape index (κ3) is 7.18. The van der Waals surface area contributed by atoms with Crippen molar-refractivity contribution in [3.63, 3.8) is 0 Å². The van der Waals surface area contributed by atoms with Crippen LogP contribution in [0.4, 0.5) is 5.69 Å². The number of carbonyl (C=O) groups excluding carboxylic acids is 1. The Labute approximate surface area is 231 Å². The largest absolute Gasteiger partial charge is 0.497 e. The van der Waals surface area contributed by atoms with E-state index in [0.717, 1.165) is 15.8 Å². The van der Waals surface area contributed by atoms with E-state index >= 15 is 0 Å². The Morgan fingerprint density at radius 1 is 1.13 bits per heavy atom. The highest BCUT2D eigenvalue weighted by molar-refractivity contribution is 7.89. The molecule has 0 unspecified atom stereocenters. The standard InChI is InChI=1S/C27H30N6O4S2/c1-37-20-9-12-22-24(16-20)38-27(32-22)23(15-17-4-2-5-18(14-17)26(29)30)33-39(35,36)21-10-7-19(8-11-21)31-25(34)6-3-13-28/h2,4-5,7-12,14,16,23,33H,3,6,13,15,28H2,1H3,(H3,29,30)(H,31,34)/t23-/m0/s1. The van der Waals surface area contributed by atoms with Crippen LogP contribution in [0.2, 0.25) is 0 Å². The highest BCUT2D eigenvalue weighted by atomic mass is 32.2. The number of anilines is 1. The number of aromatic nitrogens is 1. The van der Waals surface area contributed by atoms with Gasteiger partial charge in [-0.3, -0.25) is 10.2 Å². The van der Waals surface area contributed by atoms with Gasteiger partial charge in [0.15, 0.2) is 0 Å². The maximum Gasteiger partial charge on any atom is 0.241 e. The van der Waals surface area contributed by atoms with Crippen LogP contribution in [0, 0.1) is 5.41 Å². The lowest BCUT2D eigenvalue weighted by Gasteiger charge is -2.18. The van der Waals surface area contributed by atoms with Crippen molar-refractivity contribution in [3.05, 3.63) is 82.9 Å². The lowest BCUT2D eigenvalue weighted by molar-refractivity contribution is -0.116. The second kappa shape index (κ2) is 12.3. The molecule has 39 heavy (non-hydrogen) atoms. The molecule has 10 nitrogen and oxygen atoms in total. The van der Waals surface area contributed by atoms with Crippen molar-refractivity contribution in [2.75, 3.05) is 19.0 Å². The molecule has 0 saturated carbocycles. The number of nitrogens with one attached hydrogen (secondary N) is 3. The predicted octanol–water partition coefficient (Wildman–Crippen LogP) is 3.53. The zero-order valence-corrected chi connectivity index (χ0v) is 22.9. The van der Waals surface area contributed by atoms with E-state index < -0.39 is 16.1 Å². The van der Waals surface area contributed by atoms with Crippen LogP contribution >= 0.6 is 11.3 Å². The molecule has 4 aromatic rings. The molecule has 204 valence electrons. The van der Waals surface area contributed by atoms with Gasteiger partial charge in [-0.1, -0.05) is 18.2 Å². The van der Waals surface area contributed by atoms with E-state index in [1.165, 1.54) is 23.5 Å². The van der Waals surface area contributed by atoms with Gasteiger partial charge in [0, 0.05) is 17.7 Å². The Kier molecular flexibility index (Phi) is 8.92. The number of rotatable bonds is 12. The third-order valence-electron chi connectivity index (χ3n) is 5.94. The van der Waals surface area contributed by atoms with Crippen molar-refractivity contribution in [1.29, 1.82) is 5.41 Å². The first-order chi connectivity index (χ1) is 18.7. The molecule has 12 heteroatoms. The lowest BCUT2D eigenvalue weighted by atomic mass is 10.0. The molecule has 0 bridgehead atoms. The van der Waals surface area contributed by atoms with E-state index in [-0.39, 0.29) is 23.1 Å². The van der Waals surface area contributed by atoms with Gasteiger partial charge in [-0.05, 0) is 73.5 Å². The zero-order chi connectivity index (χ0) is 28.0. The van der Waals surface area contributed by atoms with Crippen LogP contribution in [-0.4, -0.2) is 38.8 Å². The SMILES string of the molecule is COc1ccc2nc([C@H](Cc3cccc(C(=N)N)c3)NS(=O)(=O)c3ccc(NC(=O)CCCN)cc3)sc2c1. The number of thiazole rings is 1. The summed E-state index contributed by atoms with van der Waals surface area (Å²) >= 11 is 1.37.